The molecule has 0 unspecified atom stereocenters. The van der Waals surface area contributed by atoms with Crippen LogP contribution in [0.3, 0.4) is 0 Å². The average molecular weight is 290 g/mol. The van der Waals surface area contributed by atoms with Gasteiger partial charge in [0.1, 0.15) is 0 Å². The maximum Gasteiger partial charge on any atom is 0.0236 e. The van der Waals surface area contributed by atoms with Crippen molar-refractivity contribution in [3.05, 3.63) is 35.4 Å². The Morgan fingerprint density at radius 1 is 0.857 bits per heavy atom. The molecular formula is C19H34N2. The van der Waals surface area contributed by atoms with Gasteiger partial charge in [-0.25, -0.2) is 0 Å². The molecule has 0 aliphatic heterocycles. The number of nitrogens with one attached hydrogen (secondary N) is 1. The molecule has 0 fully saturated rings. The minimum atomic E-state index is 0.999. The highest BCUT2D eigenvalue weighted by molar-refractivity contribution is 5.27. The zero-order chi connectivity index (χ0) is 15.3. The van der Waals surface area contributed by atoms with E-state index < -0.39 is 0 Å². The van der Waals surface area contributed by atoms with E-state index in [1.165, 1.54) is 56.3 Å². The summed E-state index contributed by atoms with van der Waals surface area (Å²) in [5, 5.41) is 3.53. The normalized spacial score (nSPS) is 11.2. The Morgan fingerprint density at radius 3 is 2.05 bits per heavy atom. The summed E-state index contributed by atoms with van der Waals surface area (Å²) in [4.78, 5) is 2.63. The smallest absolute Gasteiger partial charge is 0.0236 e. The van der Waals surface area contributed by atoms with Crippen LogP contribution in [0.4, 0.5) is 0 Å². The van der Waals surface area contributed by atoms with Gasteiger partial charge in [-0.3, -0.25) is 4.90 Å². The maximum absolute atomic E-state index is 3.53. The molecule has 2 heteroatoms. The molecule has 1 aromatic rings. The van der Waals surface area contributed by atoms with Crippen molar-refractivity contribution in [3.8, 4) is 0 Å². The molecule has 0 saturated carbocycles. The van der Waals surface area contributed by atoms with Gasteiger partial charge >= 0.3 is 0 Å². The van der Waals surface area contributed by atoms with Crippen molar-refractivity contribution in [3.63, 3.8) is 0 Å². The van der Waals surface area contributed by atoms with Crippen LogP contribution < -0.4 is 5.32 Å². The number of unbranched alkanes of at least 4 members (excludes halogenated alkanes) is 2. The van der Waals surface area contributed by atoms with E-state index in [4.69, 9.17) is 0 Å². The molecule has 0 saturated heterocycles. The molecule has 0 aliphatic carbocycles. The molecule has 0 spiro atoms. The minimum Gasteiger partial charge on any atom is -0.313 e. The van der Waals surface area contributed by atoms with E-state index in [1.807, 2.05) is 0 Å². The molecule has 0 aliphatic rings. The second-order valence-electron chi connectivity index (χ2n) is 5.93. The monoisotopic (exact) mass is 290 g/mol. The Hall–Kier alpha value is -0.860. The van der Waals surface area contributed by atoms with Crippen LogP contribution in [0.25, 0.3) is 0 Å². The molecule has 0 bridgehead atoms. The molecular weight excluding hydrogens is 256 g/mol. The highest BCUT2D eigenvalue weighted by Crippen LogP contribution is 2.13. The summed E-state index contributed by atoms with van der Waals surface area (Å²) in [7, 11) is 0. The van der Waals surface area contributed by atoms with Crippen LogP contribution in [-0.2, 0) is 13.1 Å². The van der Waals surface area contributed by atoms with Gasteiger partial charge in [0.25, 0.3) is 0 Å². The highest BCUT2D eigenvalue weighted by atomic mass is 15.1. The fourth-order valence-electron chi connectivity index (χ4n) is 2.56. The third kappa shape index (κ3) is 7.63. The quantitative estimate of drug-likeness (QED) is 0.566. The minimum absolute atomic E-state index is 0.999. The third-order valence-corrected chi connectivity index (χ3v) is 3.91. The Labute approximate surface area is 131 Å². The standard InChI is InChI=1S/C19H34N2/c1-4-7-14-21(15-8-5-2)17-19-12-10-9-11-18(19)16-20-13-6-3/h9-12,20H,4-8,13-17H2,1-3H3. The molecule has 0 aromatic heterocycles. The second-order valence-corrected chi connectivity index (χ2v) is 5.93. The first kappa shape index (κ1) is 18.2. The molecule has 1 aromatic carbocycles. The van der Waals surface area contributed by atoms with Gasteiger partial charge in [-0.15, -0.1) is 0 Å². The van der Waals surface area contributed by atoms with Crippen LogP contribution >= 0.6 is 0 Å². The lowest BCUT2D eigenvalue weighted by atomic mass is 10.1. The van der Waals surface area contributed by atoms with Gasteiger partial charge in [0.05, 0.1) is 0 Å². The van der Waals surface area contributed by atoms with Crippen LogP contribution in [0.2, 0.25) is 0 Å². The van der Waals surface area contributed by atoms with Crippen molar-refractivity contribution < 1.29 is 0 Å². The van der Waals surface area contributed by atoms with E-state index in [2.05, 4.69) is 55.3 Å². The lowest BCUT2D eigenvalue weighted by molar-refractivity contribution is 0.256. The lowest BCUT2D eigenvalue weighted by Crippen LogP contribution is -2.26. The highest BCUT2D eigenvalue weighted by Gasteiger charge is 2.08. The molecule has 2 nitrogen and oxygen atoms in total. The van der Waals surface area contributed by atoms with Crippen LogP contribution in [0.1, 0.15) is 64.0 Å². The second kappa shape index (κ2) is 11.8. The zero-order valence-corrected chi connectivity index (χ0v) is 14.3. The largest absolute Gasteiger partial charge is 0.313 e. The van der Waals surface area contributed by atoms with Gasteiger partial charge in [-0.2, -0.15) is 0 Å². The van der Waals surface area contributed by atoms with Crippen molar-refractivity contribution in [2.24, 2.45) is 0 Å². The van der Waals surface area contributed by atoms with E-state index >= 15 is 0 Å². The molecule has 0 atom stereocenters. The van der Waals surface area contributed by atoms with Crippen LogP contribution in [0, 0.1) is 0 Å². The molecule has 120 valence electrons. The van der Waals surface area contributed by atoms with Gasteiger partial charge in [0.2, 0.25) is 0 Å². The maximum atomic E-state index is 3.53. The summed E-state index contributed by atoms with van der Waals surface area (Å²) in [5.74, 6) is 0. The molecule has 1 rings (SSSR count). The third-order valence-electron chi connectivity index (χ3n) is 3.91. The summed E-state index contributed by atoms with van der Waals surface area (Å²) in [6.45, 7) is 12.4. The van der Waals surface area contributed by atoms with Crippen LogP contribution in [0.15, 0.2) is 24.3 Å². The number of hydrogen-bond acceptors (Lipinski definition) is 2. The zero-order valence-electron chi connectivity index (χ0n) is 14.3. The topological polar surface area (TPSA) is 15.3 Å². The molecule has 1 N–H and O–H groups in total. The van der Waals surface area contributed by atoms with Crippen molar-refractivity contribution in [1.82, 2.24) is 10.2 Å². The van der Waals surface area contributed by atoms with Gasteiger partial charge in [0.15, 0.2) is 0 Å². The van der Waals surface area contributed by atoms with Crippen molar-refractivity contribution in [2.75, 3.05) is 19.6 Å². The fraction of sp³-hybridized carbons (Fsp3) is 0.684. The number of rotatable bonds is 12. The van der Waals surface area contributed by atoms with Gasteiger partial charge < -0.3 is 5.32 Å². The van der Waals surface area contributed by atoms with Crippen molar-refractivity contribution in [2.45, 2.75) is 66.0 Å². The molecule has 0 heterocycles. The predicted molar refractivity (Wildman–Crippen MR) is 93.5 cm³/mol. The first-order valence-electron chi connectivity index (χ1n) is 8.81. The van der Waals surface area contributed by atoms with Gasteiger partial charge in [-0.05, 0) is 50.0 Å². The van der Waals surface area contributed by atoms with Gasteiger partial charge in [0, 0.05) is 13.1 Å². The van der Waals surface area contributed by atoms with E-state index in [9.17, 15) is 0 Å². The average Bonchev–Trinajstić information content (AvgIpc) is 2.51. The fourth-order valence-corrected chi connectivity index (χ4v) is 2.56. The Kier molecular flexibility index (Phi) is 10.2. The summed E-state index contributed by atoms with van der Waals surface area (Å²) in [6.07, 6.45) is 6.37. The molecule has 0 amide bonds. The van der Waals surface area contributed by atoms with Crippen LogP contribution in [0.5, 0.6) is 0 Å². The van der Waals surface area contributed by atoms with E-state index in [1.54, 1.807) is 0 Å². The molecule has 0 radical (unpaired) electrons. The summed E-state index contributed by atoms with van der Waals surface area (Å²) in [5.41, 5.74) is 2.96. The first-order valence-corrected chi connectivity index (χ1v) is 8.81. The van der Waals surface area contributed by atoms with Gasteiger partial charge in [-0.1, -0.05) is 57.9 Å². The Balaban J connectivity index is 2.62. The van der Waals surface area contributed by atoms with E-state index in [-0.39, 0.29) is 0 Å². The Bertz CT molecular complexity index is 354. The summed E-state index contributed by atoms with van der Waals surface area (Å²) < 4.78 is 0. The Morgan fingerprint density at radius 2 is 1.48 bits per heavy atom. The predicted octanol–water partition coefficient (Wildman–Crippen LogP) is 4.59. The first-order chi connectivity index (χ1) is 10.3. The van der Waals surface area contributed by atoms with Crippen molar-refractivity contribution in [1.29, 1.82) is 0 Å². The SMILES string of the molecule is CCCCN(CCCC)Cc1ccccc1CNCCC. The lowest BCUT2D eigenvalue weighted by Gasteiger charge is -2.23. The van der Waals surface area contributed by atoms with Crippen molar-refractivity contribution >= 4 is 0 Å². The number of benzene rings is 1. The summed E-state index contributed by atoms with van der Waals surface area (Å²) in [6, 6.07) is 8.91. The van der Waals surface area contributed by atoms with Crippen LogP contribution in [-0.4, -0.2) is 24.5 Å². The molecule has 21 heavy (non-hydrogen) atoms. The number of hydrogen-bond donors (Lipinski definition) is 1. The summed E-state index contributed by atoms with van der Waals surface area (Å²) >= 11 is 0. The van der Waals surface area contributed by atoms with E-state index in [0.717, 1.165) is 19.6 Å². The number of nitrogens with zero attached hydrogens (tertiary/aromatic N) is 1. The van der Waals surface area contributed by atoms with E-state index in [0.29, 0.717) is 0 Å².